The molecule has 0 saturated carbocycles. The summed E-state index contributed by atoms with van der Waals surface area (Å²) in [4.78, 5) is 16.7. The van der Waals surface area contributed by atoms with Gasteiger partial charge in [0.1, 0.15) is 18.2 Å². The van der Waals surface area contributed by atoms with Crippen LogP contribution in [0.15, 0.2) is 54.9 Å². The number of hydrogen-bond donors (Lipinski definition) is 1. The average Bonchev–Trinajstić information content (AvgIpc) is 3.34. The zero-order valence-electron chi connectivity index (χ0n) is 20.1. The molecule has 2 heterocycles. The van der Waals surface area contributed by atoms with Crippen LogP contribution in [0.5, 0.6) is 5.75 Å². The zero-order chi connectivity index (χ0) is 26.6. The van der Waals surface area contributed by atoms with Crippen molar-refractivity contribution in [3.8, 4) is 22.8 Å². The number of amides is 1. The van der Waals surface area contributed by atoms with Crippen LogP contribution in [0.1, 0.15) is 13.3 Å². The molecule has 4 rings (SSSR count). The number of aromatic nitrogens is 3. The average molecular weight is 522 g/mol. The molecule has 0 unspecified atom stereocenters. The number of halogens is 3. The van der Waals surface area contributed by atoms with Crippen LogP contribution < -0.4 is 10.1 Å². The van der Waals surface area contributed by atoms with Crippen molar-refractivity contribution in [1.82, 2.24) is 14.8 Å². The number of alkyl halides is 3. The minimum Gasteiger partial charge on any atom is -0.416 e. The summed E-state index contributed by atoms with van der Waals surface area (Å²) in [5.74, 6) is 0.0460. The van der Waals surface area contributed by atoms with Crippen LogP contribution in [0, 0.1) is 0 Å². The van der Waals surface area contributed by atoms with Crippen molar-refractivity contribution in [2.75, 3.05) is 19.5 Å². The number of nitrogens with one attached hydrogen (secondary N) is 1. The lowest BCUT2D eigenvalue weighted by molar-refractivity contribution is -0.274. The smallest absolute Gasteiger partial charge is 0.416 e. The highest BCUT2D eigenvalue weighted by Gasteiger charge is 2.38. The number of rotatable bonds is 7. The van der Waals surface area contributed by atoms with Gasteiger partial charge < -0.3 is 23.7 Å². The van der Waals surface area contributed by atoms with E-state index < -0.39 is 24.8 Å². The molecule has 1 amide bonds. The first-order valence-electron chi connectivity index (χ1n) is 11.2. The third-order valence-corrected chi connectivity index (χ3v) is 5.69. The summed E-state index contributed by atoms with van der Waals surface area (Å²) in [6.07, 6.45) is -5.30. The molecule has 37 heavy (non-hydrogen) atoms. The number of anilines is 1. The second kappa shape index (κ2) is 11.2. The second-order valence-electron chi connectivity index (χ2n) is 8.16. The van der Waals surface area contributed by atoms with Gasteiger partial charge in [-0.05, 0) is 55.5 Å². The summed E-state index contributed by atoms with van der Waals surface area (Å²) in [5, 5.41) is 6.99. The summed E-state index contributed by atoms with van der Waals surface area (Å²) in [6, 6.07) is 11.9. The lowest BCUT2D eigenvalue weighted by Gasteiger charge is -2.37. The normalized spacial score (nSPS) is 21.9. The Morgan fingerprint density at radius 3 is 2.35 bits per heavy atom. The molecule has 1 saturated heterocycles. The standard InChI is InChI=1S/C24H25F3N4O6/c1-14-19(33-2)12-20(34-3)22(35-14)36-23(32)29-16-6-4-15(5-7-16)21-28-13-31(30-21)17-8-10-18(11-9-17)37-24(25,26)27/h4-11,13-14,19-20,22H,12H2,1-3H3,(H,29,32)/t14-,19+,20+,22-/m0/s1. The van der Waals surface area contributed by atoms with E-state index in [1.54, 1.807) is 31.4 Å². The summed E-state index contributed by atoms with van der Waals surface area (Å²) in [5.41, 5.74) is 1.63. The van der Waals surface area contributed by atoms with Crippen molar-refractivity contribution >= 4 is 11.8 Å². The molecular formula is C24H25F3N4O6. The maximum atomic E-state index is 12.4. The lowest BCUT2D eigenvalue weighted by Crippen LogP contribution is -2.49. The van der Waals surface area contributed by atoms with E-state index in [0.29, 0.717) is 29.2 Å². The van der Waals surface area contributed by atoms with Crippen molar-refractivity contribution in [3.63, 3.8) is 0 Å². The first-order chi connectivity index (χ1) is 17.6. The maximum Gasteiger partial charge on any atom is 0.573 e. The van der Waals surface area contributed by atoms with Gasteiger partial charge in [0, 0.05) is 31.9 Å². The van der Waals surface area contributed by atoms with E-state index in [0.717, 1.165) is 0 Å². The van der Waals surface area contributed by atoms with Crippen LogP contribution in [-0.4, -0.2) is 66.0 Å². The van der Waals surface area contributed by atoms with Gasteiger partial charge in [-0.3, -0.25) is 5.32 Å². The molecule has 0 aliphatic carbocycles. The van der Waals surface area contributed by atoms with Crippen LogP contribution in [-0.2, 0) is 18.9 Å². The van der Waals surface area contributed by atoms with Crippen molar-refractivity contribution < 1.29 is 41.7 Å². The van der Waals surface area contributed by atoms with E-state index in [1.807, 2.05) is 6.92 Å². The molecule has 1 aliphatic heterocycles. The number of carbonyl (C=O) groups is 1. The number of benzene rings is 2. The van der Waals surface area contributed by atoms with Crippen molar-refractivity contribution in [2.24, 2.45) is 0 Å². The van der Waals surface area contributed by atoms with Gasteiger partial charge in [-0.15, -0.1) is 18.3 Å². The van der Waals surface area contributed by atoms with Gasteiger partial charge >= 0.3 is 12.5 Å². The van der Waals surface area contributed by atoms with Crippen molar-refractivity contribution in [2.45, 2.75) is 44.3 Å². The molecule has 0 radical (unpaired) electrons. The van der Waals surface area contributed by atoms with Crippen LogP contribution in [0.3, 0.4) is 0 Å². The third kappa shape index (κ3) is 6.76. The monoisotopic (exact) mass is 522 g/mol. The van der Waals surface area contributed by atoms with E-state index in [4.69, 9.17) is 18.9 Å². The highest BCUT2D eigenvalue weighted by atomic mass is 19.4. The number of hydrogen-bond acceptors (Lipinski definition) is 8. The molecule has 1 aliphatic rings. The predicted octanol–water partition coefficient (Wildman–Crippen LogP) is 4.55. The number of carbonyl (C=O) groups excluding carboxylic acids is 1. The Bertz CT molecular complexity index is 1190. The minimum atomic E-state index is -4.76. The molecule has 3 aromatic rings. The van der Waals surface area contributed by atoms with Gasteiger partial charge in [0.05, 0.1) is 17.9 Å². The second-order valence-corrected chi connectivity index (χ2v) is 8.16. The zero-order valence-corrected chi connectivity index (χ0v) is 20.1. The van der Waals surface area contributed by atoms with Gasteiger partial charge in [-0.25, -0.2) is 14.5 Å². The van der Waals surface area contributed by atoms with E-state index in [2.05, 4.69) is 20.1 Å². The molecule has 1 fully saturated rings. The molecule has 13 heteroatoms. The topological polar surface area (TPSA) is 106 Å². The first-order valence-corrected chi connectivity index (χ1v) is 11.2. The molecule has 0 spiro atoms. The Labute approximate surface area is 210 Å². The molecule has 10 nitrogen and oxygen atoms in total. The first kappa shape index (κ1) is 26.4. The van der Waals surface area contributed by atoms with Crippen LogP contribution >= 0.6 is 0 Å². The highest BCUT2D eigenvalue weighted by molar-refractivity contribution is 5.85. The molecule has 2 aromatic carbocycles. The molecule has 1 N–H and O–H groups in total. The van der Waals surface area contributed by atoms with Gasteiger partial charge in [0.2, 0.25) is 6.29 Å². The fourth-order valence-electron chi connectivity index (χ4n) is 3.79. The quantitative estimate of drug-likeness (QED) is 0.482. The Hall–Kier alpha value is -3.68. The Balaban J connectivity index is 1.35. The number of methoxy groups -OCH3 is 2. The predicted molar refractivity (Wildman–Crippen MR) is 124 cm³/mol. The lowest BCUT2D eigenvalue weighted by atomic mass is 10.0. The third-order valence-electron chi connectivity index (χ3n) is 5.69. The van der Waals surface area contributed by atoms with E-state index in [9.17, 15) is 18.0 Å². The van der Waals surface area contributed by atoms with E-state index >= 15 is 0 Å². The number of nitrogens with zero attached hydrogens (tertiary/aromatic N) is 3. The van der Waals surface area contributed by atoms with Crippen LogP contribution in [0.4, 0.5) is 23.7 Å². The minimum absolute atomic E-state index is 0.166. The van der Waals surface area contributed by atoms with Crippen LogP contribution in [0.2, 0.25) is 0 Å². The fraction of sp³-hybridized carbons (Fsp3) is 0.375. The van der Waals surface area contributed by atoms with Gasteiger partial charge in [-0.1, -0.05) is 0 Å². The van der Waals surface area contributed by atoms with E-state index in [-0.39, 0.29) is 18.0 Å². The summed E-state index contributed by atoms with van der Waals surface area (Å²) in [7, 11) is 3.10. The largest absolute Gasteiger partial charge is 0.573 e. The van der Waals surface area contributed by atoms with Gasteiger partial charge in [0.15, 0.2) is 5.82 Å². The molecule has 0 bridgehead atoms. The van der Waals surface area contributed by atoms with Gasteiger partial charge in [0.25, 0.3) is 0 Å². The Kier molecular flexibility index (Phi) is 7.95. The Morgan fingerprint density at radius 2 is 1.73 bits per heavy atom. The van der Waals surface area contributed by atoms with Crippen molar-refractivity contribution in [3.05, 3.63) is 54.9 Å². The summed E-state index contributed by atoms with van der Waals surface area (Å²) < 4.78 is 64.2. The van der Waals surface area contributed by atoms with Gasteiger partial charge in [-0.2, -0.15) is 0 Å². The number of ether oxygens (including phenoxy) is 5. The SMILES string of the molecule is CO[C@@H]1C[C@@H](OC)[C@H](C)O[C@H]1OC(=O)Nc1ccc(-c2ncn(-c3ccc(OC(F)(F)F)cc3)n2)cc1. The maximum absolute atomic E-state index is 12.4. The summed E-state index contributed by atoms with van der Waals surface area (Å²) >= 11 is 0. The Morgan fingerprint density at radius 1 is 1.05 bits per heavy atom. The summed E-state index contributed by atoms with van der Waals surface area (Å²) in [6.45, 7) is 1.83. The fourth-order valence-corrected chi connectivity index (χ4v) is 3.79. The highest BCUT2D eigenvalue weighted by Crippen LogP contribution is 2.26. The molecular weight excluding hydrogens is 497 g/mol. The van der Waals surface area contributed by atoms with Crippen LogP contribution in [0.25, 0.3) is 17.1 Å². The van der Waals surface area contributed by atoms with Crippen molar-refractivity contribution in [1.29, 1.82) is 0 Å². The molecule has 1 aromatic heterocycles. The molecule has 4 atom stereocenters. The molecule has 198 valence electrons. The van der Waals surface area contributed by atoms with E-state index in [1.165, 1.54) is 42.4 Å².